The molecule has 0 bridgehead atoms. The summed E-state index contributed by atoms with van der Waals surface area (Å²) in [4.78, 5) is 67.6. The second-order valence-corrected chi connectivity index (χ2v) is 14.4. The van der Waals surface area contributed by atoms with Gasteiger partial charge in [0.1, 0.15) is 4.88 Å². The summed E-state index contributed by atoms with van der Waals surface area (Å²) in [7, 11) is 3.41. The summed E-state index contributed by atoms with van der Waals surface area (Å²) < 4.78 is 11.1. The number of carbonyl (C=O) groups excluding carboxylic acids is 5. The Kier molecular flexibility index (Phi) is 13.6. The van der Waals surface area contributed by atoms with Crippen LogP contribution in [0, 0.1) is 5.41 Å². The molecule has 0 saturated carbocycles. The molecule has 260 valence electrons. The molecular formula is C32H49N7O7S. The van der Waals surface area contributed by atoms with E-state index >= 15 is 0 Å². The van der Waals surface area contributed by atoms with Gasteiger partial charge in [0.25, 0.3) is 5.91 Å². The quantitative estimate of drug-likeness (QED) is 0.140. The summed E-state index contributed by atoms with van der Waals surface area (Å²) in [6, 6.07) is 7.16. The monoisotopic (exact) mass is 675 g/mol. The lowest BCUT2D eigenvalue weighted by Gasteiger charge is -2.42. The molecule has 47 heavy (non-hydrogen) atoms. The van der Waals surface area contributed by atoms with Crippen LogP contribution in [-0.2, 0) is 31.9 Å². The molecule has 2 rings (SSSR count). The number of alkyl carbamates (subject to hydrolysis) is 1. The van der Waals surface area contributed by atoms with Crippen LogP contribution in [0.3, 0.4) is 0 Å². The van der Waals surface area contributed by atoms with E-state index in [0.717, 1.165) is 16.9 Å². The van der Waals surface area contributed by atoms with Crippen LogP contribution in [0.1, 0.15) is 88.7 Å². The molecule has 0 saturated heterocycles. The lowest BCUT2D eigenvalue weighted by Crippen LogP contribution is -2.59. The fourth-order valence-electron chi connectivity index (χ4n) is 4.19. The van der Waals surface area contributed by atoms with Gasteiger partial charge in [-0.25, -0.2) is 14.6 Å². The van der Waals surface area contributed by atoms with Gasteiger partial charge in [0, 0.05) is 45.2 Å². The van der Waals surface area contributed by atoms with Crippen molar-refractivity contribution in [3.05, 3.63) is 40.4 Å². The number of nitrogens with one attached hydrogen (secondary N) is 4. The molecule has 2 aromatic rings. The zero-order chi connectivity index (χ0) is 35.6. The molecule has 5 amide bonds. The summed E-state index contributed by atoms with van der Waals surface area (Å²) in [5, 5.41) is 11.6. The van der Waals surface area contributed by atoms with Crippen LogP contribution in [-0.4, -0.2) is 71.9 Å². The Morgan fingerprint density at radius 1 is 0.936 bits per heavy atom. The number of nitrogens with two attached hydrogens (primary N) is 1. The number of unbranched alkanes of at least 4 members (excludes halogenated alkanes) is 1. The molecule has 1 atom stereocenters. The van der Waals surface area contributed by atoms with E-state index in [4.69, 9.17) is 15.2 Å². The van der Waals surface area contributed by atoms with Gasteiger partial charge in [0.15, 0.2) is 5.13 Å². The number of rotatable bonds is 14. The molecule has 1 aromatic carbocycles. The molecule has 6 N–H and O–H groups in total. The van der Waals surface area contributed by atoms with E-state index in [-0.39, 0.29) is 17.7 Å². The Balaban J connectivity index is 2.18. The fourth-order valence-corrected chi connectivity index (χ4v) is 5.16. The third-order valence-electron chi connectivity index (χ3n) is 6.65. The number of aryl methyl sites for hydroxylation is 2. The number of anilines is 2. The van der Waals surface area contributed by atoms with Gasteiger partial charge < -0.3 is 41.4 Å². The maximum absolute atomic E-state index is 13.0. The van der Waals surface area contributed by atoms with Crippen molar-refractivity contribution in [2.24, 2.45) is 11.1 Å². The first kappa shape index (κ1) is 38.8. The predicted molar refractivity (Wildman–Crippen MR) is 181 cm³/mol. The number of amides is 5. The average molecular weight is 676 g/mol. The number of hydrogen-bond acceptors (Lipinski definition) is 10. The zero-order valence-electron chi connectivity index (χ0n) is 28.8. The maximum atomic E-state index is 13.0. The van der Waals surface area contributed by atoms with Crippen molar-refractivity contribution in [3.63, 3.8) is 0 Å². The van der Waals surface area contributed by atoms with Gasteiger partial charge in [-0.05, 0) is 64.2 Å². The van der Waals surface area contributed by atoms with E-state index in [2.05, 4.69) is 26.3 Å². The highest BCUT2D eigenvalue weighted by atomic mass is 32.1. The molecule has 1 aromatic heterocycles. The van der Waals surface area contributed by atoms with Crippen LogP contribution in [0.2, 0.25) is 0 Å². The van der Waals surface area contributed by atoms with Crippen molar-refractivity contribution in [3.8, 4) is 0 Å². The van der Waals surface area contributed by atoms with Crippen molar-refractivity contribution < 1.29 is 33.4 Å². The number of primary amides is 1. The molecule has 0 radical (unpaired) electrons. The molecule has 15 heteroatoms. The largest absolute Gasteiger partial charge is 0.412 e. The maximum Gasteiger partial charge on any atom is 0.412 e. The second-order valence-electron chi connectivity index (χ2n) is 13.4. The molecular weight excluding hydrogens is 626 g/mol. The van der Waals surface area contributed by atoms with Crippen LogP contribution in [0.25, 0.3) is 0 Å². The lowest BCUT2D eigenvalue weighted by atomic mass is 9.90. The van der Waals surface area contributed by atoms with E-state index in [0.29, 0.717) is 60.0 Å². The van der Waals surface area contributed by atoms with Crippen LogP contribution >= 0.6 is 11.3 Å². The van der Waals surface area contributed by atoms with Gasteiger partial charge in [-0.15, -0.1) is 0 Å². The van der Waals surface area contributed by atoms with Gasteiger partial charge in [-0.3, -0.25) is 14.4 Å². The van der Waals surface area contributed by atoms with Gasteiger partial charge in [-0.2, -0.15) is 0 Å². The topological polar surface area (TPSA) is 194 Å². The Bertz CT molecular complexity index is 1410. The first-order valence-corrected chi connectivity index (χ1v) is 16.2. The SMILES string of the molecule is CC(=O)Nc1nc(CCc2ccc(NC(OC(N)=O)(OC(=O)NC(C)(C)C)C(C)(C)C)cc2)c(C(=O)NCCCCC(=O)N(C)C)s1. The van der Waals surface area contributed by atoms with Gasteiger partial charge in [0.05, 0.1) is 11.1 Å². The highest BCUT2D eigenvalue weighted by Gasteiger charge is 2.50. The molecule has 0 aliphatic carbocycles. The predicted octanol–water partition coefficient (Wildman–Crippen LogP) is 4.61. The standard InChI is InChI=1S/C32H49N7O7S/c1-20(40)35-28-36-23(25(47-28)26(42)34-19-11-10-12-24(41)39(8)9)18-15-21-13-16-22(17-14-21)37-32(30(2,3)4,45-27(33)43)46-29(44)38-31(5,6)7/h13-14,16-17,37H,10-12,15,18-19H2,1-9H3,(H2,33,43)(H,34,42)(H,38,44)(H,35,36,40). The van der Waals surface area contributed by atoms with Crippen LogP contribution in [0.5, 0.6) is 0 Å². The number of carbonyl (C=O) groups is 5. The summed E-state index contributed by atoms with van der Waals surface area (Å²) >= 11 is 1.10. The Hall–Kier alpha value is -4.40. The molecule has 0 fully saturated rings. The lowest BCUT2D eigenvalue weighted by molar-refractivity contribution is -0.202. The van der Waals surface area contributed by atoms with Gasteiger partial charge >= 0.3 is 18.1 Å². The first-order valence-electron chi connectivity index (χ1n) is 15.3. The number of thiazole rings is 1. The molecule has 0 spiro atoms. The van der Waals surface area contributed by atoms with E-state index < -0.39 is 29.1 Å². The summed E-state index contributed by atoms with van der Waals surface area (Å²) in [5.74, 6) is -2.50. The molecule has 1 unspecified atom stereocenters. The van der Waals surface area contributed by atoms with Crippen LogP contribution < -0.4 is 27.0 Å². The minimum atomic E-state index is -1.94. The van der Waals surface area contributed by atoms with Crippen molar-refractivity contribution in [1.82, 2.24) is 20.5 Å². The Morgan fingerprint density at radius 2 is 1.57 bits per heavy atom. The van der Waals surface area contributed by atoms with Crippen LogP contribution in [0.4, 0.5) is 20.4 Å². The van der Waals surface area contributed by atoms with Gasteiger partial charge in [-0.1, -0.05) is 44.2 Å². The third kappa shape index (κ3) is 12.7. The number of hydrogen-bond donors (Lipinski definition) is 5. The number of nitrogens with zero attached hydrogens (tertiary/aromatic N) is 2. The normalized spacial score (nSPS) is 12.7. The molecule has 1 heterocycles. The van der Waals surface area contributed by atoms with E-state index in [9.17, 15) is 24.0 Å². The first-order chi connectivity index (χ1) is 21.7. The highest BCUT2D eigenvalue weighted by molar-refractivity contribution is 7.17. The zero-order valence-corrected chi connectivity index (χ0v) is 29.6. The second kappa shape index (κ2) is 16.4. The van der Waals surface area contributed by atoms with E-state index in [1.807, 2.05) is 12.1 Å². The third-order valence-corrected chi connectivity index (χ3v) is 7.66. The van der Waals surface area contributed by atoms with Crippen molar-refractivity contribution in [1.29, 1.82) is 0 Å². The smallest absolute Gasteiger partial charge is 0.387 e. The van der Waals surface area contributed by atoms with Crippen molar-refractivity contribution in [2.45, 2.75) is 92.0 Å². The molecule has 0 aliphatic rings. The minimum absolute atomic E-state index is 0.0363. The summed E-state index contributed by atoms with van der Waals surface area (Å²) in [6.07, 6.45) is 0.693. The minimum Gasteiger partial charge on any atom is -0.387 e. The van der Waals surface area contributed by atoms with Gasteiger partial charge in [0.2, 0.25) is 11.8 Å². The number of benzene rings is 1. The van der Waals surface area contributed by atoms with E-state index in [1.54, 1.807) is 67.8 Å². The van der Waals surface area contributed by atoms with Crippen LogP contribution in [0.15, 0.2) is 24.3 Å². The summed E-state index contributed by atoms with van der Waals surface area (Å²) in [5.41, 5.74) is 5.77. The average Bonchev–Trinajstić information content (AvgIpc) is 3.31. The van der Waals surface area contributed by atoms with E-state index in [1.165, 1.54) is 11.8 Å². The fraction of sp³-hybridized carbons (Fsp3) is 0.562. The number of aromatic nitrogens is 1. The molecule has 14 nitrogen and oxygen atoms in total. The number of ether oxygens (including phenoxy) is 2. The Morgan fingerprint density at radius 3 is 2.11 bits per heavy atom. The highest BCUT2D eigenvalue weighted by Crippen LogP contribution is 2.37. The summed E-state index contributed by atoms with van der Waals surface area (Å²) in [6.45, 7) is 12.3. The van der Waals surface area contributed by atoms with Crippen molar-refractivity contribution in [2.75, 3.05) is 31.3 Å². The molecule has 0 aliphatic heterocycles. The Labute approximate surface area is 280 Å². The van der Waals surface area contributed by atoms with Crippen molar-refractivity contribution >= 4 is 52.1 Å².